The number of carbonyl (C=O) groups is 1. The molecule has 0 radical (unpaired) electrons. The number of anilines is 1. The van der Waals surface area contributed by atoms with Crippen LogP contribution < -0.4 is 10.9 Å². The summed E-state index contributed by atoms with van der Waals surface area (Å²) in [6.07, 6.45) is 1.58. The van der Waals surface area contributed by atoms with E-state index in [0.717, 1.165) is 5.56 Å². The molecule has 1 amide bonds. The van der Waals surface area contributed by atoms with Gasteiger partial charge in [0.25, 0.3) is 5.56 Å². The predicted molar refractivity (Wildman–Crippen MR) is 108 cm³/mol. The van der Waals surface area contributed by atoms with Gasteiger partial charge in [-0.25, -0.2) is 4.39 Å². The highest BCUT2D eigenvalue weighted by atomic mass is 35.5. The van der Waals surface area contributed by atoms with E-state index in [9.17, 15) is 19.1 Å². The topological polar surface area (TPSA) is 71.3 Å². The van der Waals surface area contributed by atoms with Crippen molar-refractivity contribution in [2.24, 2.45) is 0 Å². The molecule has 0 fully saturated rings. The van der Waals surface area contributed by atoms with Crippen LogP contribution in [-0.2, 0) is 11.2 Å². The number of hydrogen-bond donors (Lipinski definition) is 2. The van der Waals surface area contributed by atoms with Gasteiger partial charge < -0.3 is 15.0 Å². The Morgan fingerprint density at radius 1 is 1.25 bits per heavy atom. The van der Waals surface area contributed by atoms with Gasteiger partial charge in [0.15, 0.2) is 0 Å². The molecule has 146 valence electrons. The number of nitrogens with zero attached hydrogens (tertiary/aromatic N) is 1. The van der Waals surface area contributed by atoms with Crippen LogP contribution >= 0.6 is 11.6 Å². The first-order valence-corrected chi connectivity index (χ1v) is 9.18. The second kappa shape index (κ2) is 8.12. The SMILES string of the molecule is Cc1ccc2c(=O)n(C(C)CO)ccc2c1NC(=O)Cc1ccc(Cl)c(F)c1. The molecule has 5 nitrogen and oxygen atoms in total. The van der Waals surface area contributed by atoms with Crippen LogP contribution in [0.25, 0.3) is 10.8 Å². The Balaban J connectivity index is 1.94. The molecule has 0 aliphatic carbocycles. The van der Waals surface area contributed by atoms with Crippen molar-refractivity contribution in [3.8, 4) is 0 Å². The summed E-state index contributed by atoms with van der Waals surface area (Å²) in [4.78, 5) is 25.2. The fourth-order valence-corrected chi connectivity index (χ4v) is 3.19. The molecule has 0 aliphatic heterocycles. The zero-order valence-corrected chi connectivity index (χ0v) is 16.3. The number of carbonyl (C=O) groups excluding carboxylic acids is 1. The summed E-state index contributed by atoms with van der Waals surface area (Å²) in [7, 11) is 0. The van der Waals surface area contributed by atoms with Gasteiger partial charge in [0.1, 0.15) is 5.82 Å². The van der Waals surface area contributed by atoms with E-state index in [0.29, 0.717) is 22.0 Å². The molecule has 2 aromatic carbocycles. The second-order valence-corrected chi connectivity index (χ2v) is 7.16. The summed E-state index contributed by atoms with van der Waals surface area (Å²) in [6.45, 7) is 3.42. The number of aliphatic hydroxyl groups is 1. The molecule has 1 unspecified atom stereocenters. The van der Waals surface area contributed by atoms with E-state index in [-0.39, 0.29) is 35.6 Å². The smallest absolute Gasteiger partial charge is 0.258 e. The lowest BCUT2D eigenvalue weighted by molar-refractivity contribution is -0.115. The van der Waals surface area contributed by atoms with E-state index < -0.39 is 5.82 Å². The molecule has 3 rings (SSSR count). The van der Waals surface area contributed by atoms with Crippen LogP contribution in [0.2, 0.25) is 5.02 Å². The van der Waals surface area contributed by atoms with Gasteiger partial charge in [-0.1, -0.05) is 23.7 Å². The summed E-state index contributed by atoms with van der Waals surface area (Å²) in [5.74, 6) is -0.905. The van der Waals surface area contributed by atoms with Crippen molar-refractivity contribution >= 4 is 34.0 Å². The number of nitrogens with one attached hydrogen (secondary N) is 1. The Bertz CT molecular complexity index is 1110. The van der Waals surface area contributed by atoms with Crippen molar-refractivity contribution in [2.45, 2.75) is 26.3 Å². The van der Waals surface area contributed by atoms with Crippen LogP contribution in [0.5, 0.6) is 0 Å². The monoisotopic (exact) mass is 402 g/mol. The third kappa shape index (κ3) is 3.93. The van der Waals surface area contributed by atoms with Crippen molar-refractivity contribution in [3.05, 3.63) is 74.9 Å². The van der Waals surface area contributed by atoms with Crippen LogP contribution in [-0.4, -0.2) is 22.2 Å². The fourth-order valence-electron chi connectivity index (χ4n) is 3.07. The van der Waals surface area contributed by atoms with Crippen LogP contribution in [0, 0.1) is 12.7 Å². The van der Waals surface area contributed by atoms with Crippen LogP contribution in [0.1, 0.15) is 24.1 Å². The van der Waals surface area contributed by atoms with E-state index in [4.69, 9.17) is 11.6 Å². The number of fused-ring (bicyclic) bond motifs is 1. The lowest BCUT2D eigenvalue weighted by Crippen LogP contribution is -2.25. The molecule has 28 heavy (non-hydrogen) atoms. The Morgan fingerprint density at radius 2 is 2.00 bits per heavy atom. The quantitative estimate of drug-likeness (QED) is 0.681. The molecule has 1 heterocycles. The van der Waals surface area contributed by atoms with Crippen LogP contribution in [0.15, 0.2) is 47.4 Å². The third-order valence-corrected chi connectivity index (χ3v) is 4.98. The van der Waals surface area contributed by atoms with Gasteiger partial charge in [-0.2, -0.15) is 0 Å². The maximum absolute atomic E-state index is 13.6. The molecular weight excluding hydrogens is 383 g/mol. The number of amides is 1. The average molecular weight is 403 g/mol. The zero-order chi connectivity index (χ0) is 20.4. The minimum atomic E-state index is -0.577. The van der Waals surface area contributed by atoms with E-state index in [1.807, 2.05) is 6.92 Å². The van der Waals surface area contributed by atoms with Gasteiger partial charge in [0, 0.05) is 17.0 Å². The summed E-state index contributed by atoms with van der Waals surface area (Å²) in [6, 6.07) is 9.09. The summed E-state index contributed by atoms with van der Waals surface area (Å²) in [5.41, 5.74) is 1.60. The first-order valence-electron chi connectivity index (χ1n) is 8.81. The number of aliphatic hydroxyl groups excluding tert-OH is 1. The average Bonchev–Trinajstić information content (AvgIpc) is 2.66. The number of hydrogen-bond acceptors (Lipinski definition) is 3. The van der Waals surface area contributed by atoms with Crippen molar-refractivity contribution < 1.29 is 14.3 Å². The summed E-state index contributed by atoms with van der Waals surface area (Å²) in [5, 5.41) is 13.2. The molecule has 1 atom stereocenters. The molecule has 3 aromatic rings. The van der Waals surface area contributed by atoms with Crippen molar-refractivity contribution in [3.63, 3.8) is 0 Å². The molecule has 2 N–H and O–H groups in total. The normalized spacial score (nSPS) is 12.2. The van der Waals surface area contributed by atoms with Gasteiger partial charge in [0.2, 0.25) is 5.91 Å². The number of pyridine rings is 1. The maximum Gasteiger partial charge on any atom is 0.258 e. The molecule has 0 saturated heterocycles. The van der Waals surface area contributed by atoms with E-state index in [1.54, 1.807) is 37.4 Å². The number of aromatic nitrogens is 1. The number of rotatable bonds is 5. The third-order valence-electron chi connectivity index (χ3n) is 4.67. The number of aryl methyl sites for hydroxylation is 1. The second-order valence-electron chi connectivity index (χ2n) is 6.75. The molecule has 7 heteroatoms. The zero-order valence-electron chi connectivity index (χ0n) is 15.5. The summed E-state index contributed by atoms with van der Waals surface area (Å²) < 4.78 is 15.0. The van der Waals surface area contributed by atoms with Crippen LogP contribution in [0.3, 0.4) is 0 Å². The van der Waals surface area contributed by atoms with Gasteiger partial charge >= 0.3 is 0 Å². The highest BCUT2D eigenvalue weighted by molar-refractivity contribution is 6.30. The Kier molecular flexibility index (Phi) is 5.82. The highest BCUT2D eigenvalue weighted by Crippen LogP contribution is 2.26. The standard InChI is InChI=1S/C21H20ClFN2O3/c1-12-3-5-16-15(7-8-25(21(16)28)13(2)11-26)20(12)24-19(27)10-14-4-6-17(22)18(23)9-14/h3-9,13,26H,10-11H2,1-2H3,(H,24,27). The van der Waals surface area contributed by atoms with Crippen LogP contribution in [0.4, 0.5) is 10.1 Å². The maximum atomic E-state index is 13.6. The van der Waals surface area contributed by atoms with Gasteiger partial charge in [-0.3, -0.25) is 9.59 Å². The first-order chi connectivity index (χ1) is 13.3. The largest absolute Gasteiger partial charge is 0.394 e. The minimum absolute atomic E-state index is 0.00226. The van der Waals surface area contributed by atoms with Gasteiger partial charge in [-0.05, 0) is 49.2 Å². The summed E-state index contributed by atoms with van der Waals surface area (Å²) >= 11 is 5.67. The lowest BCUT2D eigenvalue weighted by atomic mass is 10.1. The van der Waals surface area contributed by atoms with Gasteiger partial charge in [-0.15, -0.1) is 0 Å². The molecule has 0 aliphatic rings. The van der Waals surface area contributed by atoms with E-state index in [2.05, 4.69) is 5.32 Å². The molecule has 0 spiro atoms. The number of halogens is 2. The van der Waals surface area contributed by atoms with Gasteiger partial charge in [0.05, 0.1) is 29.8 Å². The minimum Gasteiger partial charge on any atom is -0.394 e. The highest BCUT2D eigenvalue weighted by Gasteiger charge is 2.14. The molecule has 0 saturated carbocycles. The Hall–Kier alpha value is -2.70. The van der Waals surface area contributed by atoms with E-state index >= 15 is 0 Å². The Labute approximate surface area is 166 Å². The molecular formula is C21H20ClFN2O3. The van der Waals surface area contributed by atoms with Crippen molar-refractivity contribution in [2.75, 3.05) is 11.9 Å². The van der Waals surface area contributed by atoms with Crippen molar-refractivity contribution in [1.29, 1.82) is 0 Å². The predicted octanol–water partition coefficient (Wildman–Crippen LogP) is 3.84. The fraction of sp³-hybridized carbons (Fsp3) is 0.238. The van der Waals surface area contributed by atoms with Crippen molar-refractivity contribution in [1.82, 2.24) is 4.57 Å². The molecule has 1 aromatic heterocycles. The number of benzene rings is 2. The Morgan fingerprint density at radius 3 is 2.68 bits per heavy atom. The molecule has 0 bridgehead atoms. The lowest BCUT2D eigenvalue weighted by Gasteiger charge is -2.16. The van der Waals surface area contributed by atoms with E-state index in [1.165, 1.54) is 16.7 Å². The first kappa shape index (κ1) is 20.0.